The highest BCUT2D eigenvalue weighted by Gasteiger charge is 2.19. The molecule has 3 heteroatoms. The van der Waals surface area contributed by atoms with Gasteiger partial charge in [-0.1, -0.05) is 6.42 Å². The molecule has 3 nitrogen and oxygen atoms in total. The minimum atomic E-state index is 0.288. The van der Waals surface area contributed by atoms with Gasteiger partial charge in [-0.3, -0.25) is 0 Å². The topological polar surface area (TPSA) is 30.5 Å². The second-order valence-corrected chi connectivity index (χ2v) is 5.03. The van der Waals surface area contributed by atoms with Crippen molar-refractivity contribution in [3.63, 3.8) is 0 Å². The Morgan fingerprint density at radius 1 is 1.28 bits per heavy atom. The molecule has 0 aromatic heterocycles. The Kier molecular flexibility index (Phi) is 4.48. The molecule has 0 heterocycles. The molecule has 1 aliphatic rings. The maximum Gasteiger partial charge on any atom is 0.123 e. The summed E-state index contributed by atoms with van der Waals surface area (Å²) in [4.78, 5) is 0. The van der Waals surface area contributed by atoms with Crippen molar-refractivity contribution in [3.05, 3.63) is 23.8 Å². The van der Waals surface area contributed by atoms with Gasteiger partial charge in [-0.2, -0.15) is 0 Å². The fourth-order valence-corrected chi connectivity index (χ4v) is 2.33. The van der Waals surface area contributed by atoms with Crippen LogP contribution in [0.25, 0.3) is 0 Å². The fourth-order valence-electron chi connectivity index (χ4n) is 2.33. The van der Waals surface area contributed by atoms with Crippen molar-refractivity contribution in [1.82, 2.24) is 5.32 Å². The molecule has 1 saturated carbocycles. The first-order valence-electron chi connectivity index (χ1n) is 6.70. The highest BCUT2D eigenvalue weighted by molar-refractivity contribution is 5.42. The van der Waals surface area contributed by atoms with E-state index in [1.165, 1.54) is 19.3 Å². The zero-order valence-electron chi connectivity index (χ0n) is 11.5. The second-order valence-electron chi connectivity index (χ2n) is 5.03. The molecule has 1 aromatic rings. The van der Waals surface area contributed by atoms with Crippen LogP contribution in [0.4, 0.5) is 0 Å². The lowest BCUT2D eigenvalue weighted by Crippen LogP contribution is -2.29. The third-order valence-corrected chi connectivity index (χ3v) is 3.84. The Bertz CT molecular complexity index is 388. The van der Waals surface area contributed by atoms with Crippen LogP contribution in [0.15, 0.2) is 18.2 Å². The van der Waals surface area contributed by atoms with Crippen LogP contribution in [-0.4, -0.2) is 20.8 Å². The summed E-state index contributed by atoms with van der Waals surface area (Å²) in [6.07, 6.45) is 4.13. The van der Waals surface area contributed by atoms with Crippen LogP contribution in [0.3, 0.4) is 0 Å². The second kappa shape index (κ2) is 6.10. The number of methoxy groups -OCH3 is 2. The summed E-state index contributed by atoms with van der Waals surface area (Å²) in [5.41, 5.74) is 1.16. The average Bonchev–Trinajstić information content (AvgIpc) is 2.35. The van der Waals surface area contributed by atoms with Crippen molar-refractivity contribution >= 4 is 0 Å². The minimum absolute atomic E-state index is 0.288. The first-order chi connectivity index (χ1) is 8.74. The molecular formula is C15H23NO2. The van der Waals surface area contributed by atoms with Crippen LogP contribution >= 0.6 is 0 Å². The lowest BCUT2D eigenvalue weighted by atomic mass is 9.85. The van der Waals surface area contributed by atoms with Crippen molar-refractivity contribution in [2.75, 3.05) is 20.8 Å². The molecular weight excluding hydrogens is 226 g/mol. The van der Waals surface area contributed by atoms with Crippen LogP contribution < -0.4 is 14.8 Å². The van der Waals surface area contributed by atoms with Crippen LogP contribution in [0.1, 0.15) is 37.8 Å². The molecule has 1 aliphatic carbocycles. The zero-order valence-corrected chi connectivity index (χ0v) is 11.5. The lowest BCUT2D eigenvalue weighted by molar-refractivity contribution is 0.290. The average molecular weight is 249 g/mol. The van der Waals surface area contributed by atoms with E-state index in [1.807, 2.05) is 12.1 Å². The summed E-state index contributed by atoms with van der Waals surface area (Å²) in [6, 6.07) is 6.24. The fraction of sp³-hybridized carbons (Fsp3) is 0.600. The van der Waals surface area contributed by atoms with Gasteiger partial charge >= 0.3 is 0 Å². The number of benzene rings is 1. The van der Waals surface area contributed by atoms with Gasteiger partial charge in [-0.25, -0.2) is 0 Å². The van der Waals surface area contributed by atoms with Gasteiger partial charge in [-0.15, -0.1) is 0 Å². The van der Waals surface area contributed by atoms with E-state index in [2.05, 4.69) is 18.3 Å². The summed E-state index contributed by atoms with van der Waals surface area (Å²) in [6.45, 7) is 3.28. The summed E-state index contributed by atoms with van der Waals surface area (Å²) >= 11 is 0. The highest BCUT2D eigenvalue weighted by atomic mass is 16.5. The van der Waals surface area contributed by atoms with Gasteiger partial charge < -0.3 is 14.8 Å². The molecule has 1 aromatic carbocycles. The van der Waals surface area contributed by atoms with Crippen molar-refractivity contribution in [3.8, 4) is 11.5 Å². The molecule has 0 amide bonds. The van der Waals surface area contributed by atoms with E-state index in [9.17, 15) is 0 Å². The van der Waals surface area contributed by atoms with Crippen molar-refractivity contribution in [2.45, 2.75) is 32.2 Å². The molecule has 0 radical (unpaired) electrons. The number of ether oxygens (including phenoxy) is 2. The van der Waals surface area contributed by atoms with E-state index < -0.39 is 0 Å². The highest BCUT2D eigenvalue weighted by Crippen LogP contribution is 2.30. The molecule has 18 heavy (non-hydrogen) atoms. The molecule has 0 spiro atoms. The van der Waals surface area contributed by atoms with Crippen LogP contribution in [0.5, 0.6) is 11.5 Å². The van der Waals surface area contributed by atoms with Crippen molar-refractivity contribution < 1.29 is 9.47 Å². The van der Waals surface area contributed by atoms with Gasteiger partial charge in [-0.05, 0) is 50.4 Å². The van der Waals surface area contributed by atoms with Gasteiger partial charge in [0.25, 0.3) is 0 Å². The Hall–Kier alpha value is -1.22. The normalized spacial score (nSPS) is 17.1. The Labute approximate surface area is 109 Å². The van der Waals surface area contributed by atoms with Gasteiger partial charge in [0.1, 0.15) is 11.5 Å². The monoisotopic (exact) mass is 249 g/mol. The van der Waals surface area contributed by atoms with E-state index in [1.54, 1.807) is 14.2 Å². The molecule has 1 fully saturated rings. The molecule has 1 unspecified atom stereocenters. The smallest absolute Gasteiger partial charge is 0.123 e. The van der Waals surface area contributed by atoms with Crippen molar-refractivity contribution in [1.29, 1.82) is 0 Å². The molecule has 100 valence electrons. The van der Waals surface area contributed by atoms with E-state index >= 15 is 0 Å². The van der Waals surface area contributed by atoms with Gasteiger partial charge in [0.2, 0.25) is 0 Å². The van der Waals surface area contributed by atoms with Gasteiger partial charge in [0, 0.05) is 11.6 Å². The third kappa shape index (κ3) is 2.96. The Balaban J connectivity index is 2.03. The van der Waals surface area contributed by atoms with Crippen molar-refractivity contribution in [2.24, 2.45) is 5.92 Å². The molecule has 0 bridgehead atoms. The first kappa shape index (κ1) is 13.2. The van der Waals surface area contributed by atoms with E-state index in [-0.39, 0.29) is 6.04 Å². The molecule has 1 N–H and O–H groups in total. The quantitative estimate of drug-likeness (QED) is 0.840. The standard InChI is InChI=1S/C15H23NO2/c1-11(16-10-12-5-4-6-12)14-9-13(17-2)7-8-15(14)18-3/h7-9,11-12,16H,4-6,10H2,1-3H3. The van der Waals surface area contributed by atoms with E-state index in [4.69, 9.17) is 9.47 Å². The van der Waals surface area contributed by atoms with Crippen LogP contribution in [-0.2, 0) is 0 Å². The third-order valence-electron chi connectivity index (χ3n) is 3.84. The Morgan fingerprint density at radius 3 is 2.61 bits per heavy atom. The SMILES string of the molecule is COc1ccc(OC)c(C(C)NCC2CCC2)c1. The Morgan fingerprint density at radius 2 is 2.06 bits per heavy atom. The number of nitrogens with one attached hydrogen (secondary N) is 1. The predicted molar refractivity (Wildman–Crippen MR) is 73.3 cm³/mol. The molecule has 2 rings (SSSR count). The number of hydrogen-bond donors (Lipinski definition) is 1. The van der Waals surface area contributed by atoms with Crippen LogP contribution in [0, 0.1) is 5.92 Å². The lowest BCUT2D eigenvalue weighted by Gasteiger charge is -2.28. The summed E-state index contributed by atoms with van der Waals surface area (Å²) in [7, 11) is 3.40. The predicted octanol–water partition coefficient (Wildman–Crippen LogP) is 3.15. The summed E-state index contributed by atoms with van der Waals surface area (Å²) in [5.74, 6) is 2.66. The largest absolute Gasteiger partial charge is 0.497 e. The maximum atomic E-state index is 5.42. The van der Waals surface area contributed by atoms with Crippen LogP contribution in [0.2, 0.25) is 0 Å². The maximum absolute atomic E-state index is 5.42. The number of rotatable bonds is 6. The zero-order chi connectivity index (χ0) is 13.0. The first-order valence-corrected chi connectivity index (χ1v) is 6.70. The number of hydrogen-bond acceptors (Lipinski definition) is 3. The van der Waals surface area contributed by atoms with Gasteiger partial charge in [0.05, 0.1) is 14.2 Å². The minimum Gasteiger partial charge on any atom is -0.497 e. The summed E-state index contributed by atoms with van der Waals surface area (Å²) in [5, 5.41) is 3.59. The van der Waals surface area contributed by atoms with E-state index in [0.717, 1.165) is 29.5 Å². The molecule has 1 atom stereocenters. The molecule has 0 aliphatic heterocycles. The summed E-state index contributed by atoms with van der Waals surface area (Å²) < 4.78 is 10.7. The molecule has 0 saturated heterocycles. The van der Waals surface area contributed by atoms with Gasteiger partial charge in [0.15, 0.2) is 0 Å². The van der Waals surface area contributed by atoms with E-state index in [0.29, 0.717) is 0 Å².